The van der Waals surface area contributed by atoms with E-state index in [1.165, 1.54) is 11.8 Å². The molecule has 2 heterocycles. The lowest BCUT2D eigenvalue weighted by atomic mass is 9.78. The molecule has 2 N–H and O–H groups in total. The van der Waals surface area contributed by atoms with Crippen LogP contribution in [0.3, 0.4) is 0 Å². The molecule has 0 saturated carbocycles. The van der Waals surface area contributed by atoms with Gasteiger partial charge in [-0.1, -0.05) is 36.4 Å². The molecule has 2 amide bonds. The van der Waals surface area contributed by atoms with Gasteiger partial charge >= 0.3 is 0 Å². The van der Waals surface area contributed by atoms with Gasteiger partial charge in [-0.15, -0.1) is 11.3 Å². The summed E-state index contributed by atoms with van der Waals surface area (Å²) in [6.45, 7) is 0.703. The van der Waals surface area contributed by atoms with Gasteiger partial charge in [0.15, 0.2) is 0 Å². The normalized spacial score (nSPS) is 22.4. The van der Waals surface area contributed by atoms with Gasteiger partial charge < -0.3 is 15.3 Å². The zero-order valence-corrected chi connectivity index (χ0v) is 16.9. The van der Waals surface area contributed by atoms with E-state index in [9.17, 15) is 14.7 Å². The average Bonchev–Trinajstić information content (AvgIpc) is 3.17. The lowest BCUT2D eigenvalue weighted by Crippen LogP contribution is -2.63. The van der Waals surface area contributed by atoms with Gasteiger partial charge in [0.05, 0.1) is 23.8 Å². The summed E-state index contributed by atoms with van der Waals surface area (Å²) >= 11 is 3.00. The van der Waals surface area contributed by atoms with Crippen molar-refractivity contribution in [2.45, 2.75) is 24.5 Å². The highest BCUT2D eigenvalue weighted by Crippen LogP contribution is 2.34. The summed E-state index contributed by atoms with van der Waals surface area (Å²) in [7, 11) is 0. The topological polar surface area (TPSA) is 69.6 Å². The first kappa shape index (κ1) is 19.9. The minimum Gasteiger partial charge on any atom is -0.388 e. The number of amides is 2. The standard InChI is InChI=1S/C20H24N2O3S2/c1-26-14-18(24)21-20(15-6-3-2-4-7-15)9-10-22(13-17(20)23)19(25)12-16-8-5-11-27-16/h2-8,11,17,23H,9-10,12-14H2,1H3,(H,21,24)/t17-,20-/m1/s1. The number of nitrogens with one attached hydrogen (secondary N) is 1. The van der Waals surface area contributed by atoms with E-state index < -0.39 is 11.6 Å². The average molecular weight is 405 g/mol. The van der Waals surface area contributed by atoms with Gasteiger partial charge in [0.25, 0.3) is 0 Å². The quantitative estimate of drug-likeness (QED) is 0.775. The number of aliphatic hydroxyl groups is 1. The van der Waals surface area contributed by atoms with Crippen molar-refractivity contribution < 1.29 is 14.7 Å². The van der Waals surface area contributed by atoms with E-state index in [1.807, 2.05) is 54.1 Å². The molecule has 2 aromatic rings. The predicted octanol–water partition coefficient (Wildman–Crippen LogP) is 2.26. The maximum Gasteiger partial charge on any atom is 0.230 e. The van der Waals surface area contributed by atoms with Gasteiger partial charge in [0.2, 0.25) is 11.8 Å². The molecule has 0 unspecified atom stereocenters. The first-order valence-electron chi connectivity index (χ1n) is 8.89. The molecule has 27 heavy (non-hydrogen) atoms. The van der Waals surface area contributed by atoms with Crippen LogP contribution in [0.15, 0.2) is 47.8 Å². The summed E-state index contributed by atoms with van der Waals surface area (Å²) < 4.78 is 0. The molecule has 1 aliphatic rings. The van der Waals surface area contributed by atoms with Crippen LogP contribution in [0.4, 0.5) is 0 Å². The van der Waals surface area contributed by atoms with Crippen molar-refractivity contribution in [1.29, 1.82) is 0 Å². The number of nitrogens with zero attached hydrogens (tertiary/aromatic N) is 1. The first-order chi connectivity index (χ1) is 13.0. The van der Waals surface area contributed by atoms with E-state index in [2.05, 4.69) is 5.32 Å². The van der Waals surface area contributed by atoms with Gasteiger partial charge in [-0.05, 0) is 29.7 Å². The van der Waals surface area contributed by atoms with E-state index in [-0.39, 0.29) is 18.4 Å². The predicted molar refractivity (Wildman–Crippen MR) is 110 cm³/mol. The zero-order chi connectivity index (χ0) is 19.3. The SMILES string of the molecule is CSCC(=O)N[C@@]1(c2ccccc2)CCN(C(=O)Cc2cccs2)C[C@H]1O. The molecule has 1 aromatic carbocycles. The van der Waals surface area contributed by atoms with Crippen molar-refractivity contribution in [2.24, 2.45) is 0 Å². The molecular weight excluding hydrogens is 380 g/mol. The van der Waals surface area contributed by atoms with E-state index in [0.717, 1.165) is 10.4 Å². The molecule has 1 aliphatic heterocycles. The molecule has 7 heteroatoms. The molecular formula is C20H24N2O3S2. The van der Waals surface area contributed by atoms with Gasteiger partial charge in [-0.25, -0.2) is 0 Å². The van der Waals surface area contributed by atoms with Gasteiger partial charge in [0, 0.05) is 18.0 Å². The monoisotopic (exact) mass is 404 g/mol. The maximum atomic E-state index is 12.6. The van der Waals surface area contributed by atoms with Crippen LogP contribution in [0.1, 0.15) is 16.9 Å². The second kappa shape index (κ2) is 8.91. The molecule has 0 aliphatic carbocycles. The zero-order valence-electron chi connectivity index (χ0n) is 15.3. The van der Waals surface area contributed by atoms with Crippen molar-refractivity contribution in [1.82, 2.24) is 10.2 Å². The van der Waals surface area contributed by atoms with E-state index in [4.69, 9.17) is 0 Å². The summed E-state index contributed by atoms with van der Waals surface area (Å²) in [5, 5.41) is 16.0. The summed E-state index contributed by atoms with van der Waals surface area (Å²) in [5.41, 5.74) is 0.00523. The summed E-state index contributed by atoms with van der Waals surface area (Å²) in [6.07, 6.45) is 1.83. The number of benzene rings is 1. The second-order valence-electron chi connectivity index (χ2n) is 6.68. The number of aliphatic hydroxyl groups excluding tert-OH is 1. The van der Waals surface area contributed by atoms with Crippen LogP contribution in [0.25, 0.3) is 0 Å². The Morgan fingerprint density at radius 1 is 1.30 bits per heavy atom. The lowest BCUT2D eigenvalue weighted by Gasteiger charge is -2.46. The second-order valence-corrected chi connectivity index (χ2v) is 8.58. The molecule has 2 atom stereocenters. The Bertz CT molecular complexity index is 767. The minimum absolute atomic E-state index is 0.00796. The Morgan fingerprint density at radius 2 is 2.07 bits per heavy atom. The van der Waals surface area contributed by atoms with Crippen LogP contribution in [0.2, 0.25) is 0 Å². The number of β-amino-alcohol motifs (C(OH)–C–C–N with tert-alkyl or cyclic N) is 1. The minimum atomic E-state index is -0.869. The summed E-state index contributed by atoms with van der Waals surface area (Å²) in [6, 6.07) is 13.4. The molecule has 5 nitrogen and oxygen atoms in total. The van der Waals surface area contributed by atoms with Crippen LogP contribution >= 0.6 is 23.1 Å². The molecule has 144 valence electrons. The third-order valence-electron chi connectivity index (χ3n) is 4.92. The van der Waals surface area contributed by atoms with Crippen LogP contribution < -0.4 is 5.32 Å². The summed E-state index contributed by atoms with van der Waals surface area (Å²) in [5.74, 6) is 0.236. The smallest absolute Gasteiger partial charge is 0.230 e. The number of piperidine rings is 1. The maximum absolute atomic E-state index is 12.6. The number of carbonyl (C=O) groups excluding carboxylic acids is 2. The number of carbonyl (C=O) groups is 2. The van der Waals surface area contributed by atoms with Crippen LogP contribution in [-0.4, -0.2) is 53.0 Å². The highest BCUT2D eigenvalue weighted by atomic mass is 32.2. The lowest BCUT2D eigenvalue weighted by molar-refractivity contribution is -0.137. The Labute approximate surface area is 167 Å². The molecule has 3 rings (SSSR count). The molecule has 1 aromatic heterocycles. The highest BCUT2D eigenvalue weighted by molar-refractivity contribution is 7.99. The highest BCUT2D eigenvalue weighted by Gasteiger charge is 2.45. The van der Waals surface area contributed by atoms with Crippen LogP contribution in [0.5, 0.6) is 0 Å². The first-order valence-corrected chi connectivity index (χ1v) is 11.2. The van der Waals surface area contributed by atoms with Crippen molar-refractivity contribution in [2.75, 3.05) is 25.1 Å². The third kappa shape index (κ3) is 4.54. The van der Waals surface area contributed by atoms with Gasteiger partial charge in [0.1, 0.15) is 0 Å². The van der Waals surface area contributed by atoms with Crippen molar-refractivity contribution in [3.8, 4) is 0 Å². The molecule has 0 spiro atoms. The fraction of sp³-hybridized carbons (Fsp3) is 0.400. The van der Waals surface area contributed by atoms with Crippen molar-refractivity contribution in [3.05, 3.63) is 58.3 Å². The van der Waals surface area contributed by atoms with Crippen molar-refractivity contribution in [3.63, 3.8) is 0 Å². The number of rotatable bonds is 6. The molecule has 0 bridgehead atoms. The molecule has 0 radical (unpaired) electrons. The van der Waals surface area contributed by atoms with E-state index >= 15 is 0 Å². The van der Waals surface area contributed by atoms with Gasteiger partial charge in [-0.2, -0.15) is 11.8 Å². The fourth-order valence-electron chi connectivity index (χ4n) is 3.54. The number of hydrogen-bond acceptors (Lipinski definition) is 5. The number of hydrogen-bond donors (Lipinski definition) is 2. The number of thioether (sulfide) groups is 1. The number of likely N-dealkylation sites (tertiary alicyclic amines) is 1. The molecule has 1 saturated heterocycles. The fourth-order valence-corrected chi connectivity index (χ4v) is 4.57. The third-order valence-corrected chi connectivity index (χ3v) is 6.35. The number of thiophene rings is 1. The van der Waals surface area contributed by atoms with E-state index in [0.29, 0.717) is 25.1 Å². The van der Waals surface area contributed by atoms with Crippen LogP contribution in [0, 0.1) is 0 Å². The van der Waals surface area contributed by atoms with E-state index in [1.54, 1.807) is 16.2 Å². The van der Waals surface area contributed by atoms with Crippen molar-refractivity contribution >= 4 is 34.9 Å². The Kier molecular flexibility index (Phi) is 6.57. The molecule has 1 fully saturated rings. The van der Waals surface area contributed by atoms with Crippen LogP contribution in [-0.2, 0) is 21.5 Å². The Hall–Kier alpha value is -1.83. The Morgan fingerprint density at radius 3 is 2.70 bits per heavy atom. The largest absolute Gasteiger partial charge is 0.388 e. The van der Waals surface area contributed by atoms with Gasteiger partial charge in [-0.3, -0.25) is 9.59 Å². The Balaban J connectivity index is 1.77. The summed E-state index contributed by atoms with van der Waals surface area (Å²) in [4.78, 5) is 27.7.